The van der Waals surface area contributed by atoms with E-state index >= 15 is 0 Å². The lowest BCUT2D eigenvalue weighted by atomic mass is 10.1. The molecule has 1 aromatic carbocycles. The second kappa shape index (κ2) is 4.03. The highest BCUT2D eigenvalue weighted by Gasteiger charge is 1.97. The summed E-state index contributed by atoms with van der Waals surface area (Å²) in [5.74, 6) is 0. The van der Waals surface area contributed by atoms with Gasteiger partial charge in [-0.3, -0.25) is 4.98 Å². The minimum absolute atomic E-state index is 0.0858. The Balaban J connectivity index is 2.34. The van der Waals surface area contributed by atoms with E-state index in [1.54, 1.807) is 6.20 Å². The molecular weight excluding hydrogens is 174 g/mol. The Kier molecular flexibility index (Phi) is 2.56. The van der Waals surface area contributed by atoms with Gasteiger partial charge in [-0.25, -0.2) is 0 Å². The van der Waals surface area contributed by atoms with Crippen LogP contribution < -0.4 is 0 Å². The van der Waals surface area contributed by atoms with Crippen LogP contribution in [0.15, 0.2) is 48.7 Å². The molecule has 70 valence electrons. The van der Waals surface area contributed by atoms with Crippen LogP contribution in [-0.2, 0) is 6.61 Å². The summed E-state index contributed by atoms with van der Waals surface area (Å²) in [5.41, 5.74) is 2.95. The van der Waals surface area contributed by atoms with Crippen molar-refractivity contribution in [3.05, 3.63) is 54.2 Å². The Bertz CT molecular complexity index is 394. The van der Waals surface area contributed by atoms with Crippen molar-refractivity contribution in [1.29, 1.82) is 0 Å². The maximum Gasteiger partial charge on any atom is 0.0701 e. The summed E-state index contributed by atoms with van der Waals surface area (Å²) < 4.78 is 0. The highest BCUT2D eigenvalue weighted by molar-refractivity contribution is 5.58. The van der Waals surface area contributed by atoms with Gasteiger partial charge in [0.15, 0.2) is 0 Å². The molecule has 0 saturated heterocycles. The molecule has 0 aliphatic rings. The van der Waals surface area contributed by atoms with Crippen LogP contribution in [-0.4, -0.2) is 10.1 Å². The zero-order chi connectivity index (χ0) is 9.80. The molecule has 0 spiro atoms. The molecule has 1 heterocycles. The summed E-state index contributed by atoms with van der Waals surface area (Å²) >= 11 is 0. The predicted molar refractivity (Wildman–Crippen MR) is 55.6 cm³/mol. The average molecular weight is 185 g/mol. The molecule has 1 N–H and O–H groups in total. The van der Waals surface area contributed by atoms with Gasteiger partial charge >= 0.3 is 0 Å². The third-order valence-electron chi connectivity index (χ3n) is 2.10. The van der Waals surface area contributed by atoms with Crippen molar-refractivity contribution in [3.8, 4) is 11.3 Å². The fourth-order valence-corrected chi connectivity index (χ4v) is 1.31. The maximum atomic E-state index is 8.88. The molecule has 0 bridgehead atoms. The minimum Gasteiger partial charge on any atom is -0.392 e. The number of benzene rings is 1. The van der Waals surface area contributed by atoms with Crippen molar-refractivity contribution >= 4 is 0 Å². The number of aliphatic hydroxyl groups excluding tert-OH is 1. The number of hydrogen-bond donors (Lipinski definition) is 1. The molecule has 0 aliphatic carbocycles. The van der Waals surface area contributed by atoms with E-state index < -0.39 is 0 Å². The molecule has 0 fully saturated rings. The quantitative estimate of drug-likeness (QED) is 0.778. The van der Waals surface area contributed by atoms with Gasteiger partial charge in [-0.2, -0.15) is 0 Å². The van der Waals surface area contributed by atoms with Crippen LogP contribution in [0.1, 0.15) is 5.56 Å². The zero-order valence-electron chi connectivity index (χ0n) is 7.72. The molecule has 2 rings (SSSR count). The maximum absolute atomic E-state index is 8.88. The van der Waals surface area contributed by atoms with Crippen LogP contribution in [0.5, 0.6) is 0 Å². The number of hydrogen-bond acceptors (Lipinski definition) is 2. The van der Waals surface area contributed by atoms with Gasteiger partial charge < -0.3 is 5.11 Å². The second-order valence-corrected chi connectivity index (χ2v) is 3.07. The third-order valence-corrected chi connectivity index (χ3v) is 2.10. The largest absolute Gasteiger partial charge is 0.392 e. The molecular formula is C12H11NO. The Morgan fingerprint density at radius 1 is 1.00 bits per heavy atom. The first kappa shape index (κ1) is 8.91. The first-order valence-electron chi connectivity index (χ1n) is 4.51. The van der Waals surface area contributed by atoms with Crippen molar-refractivity contribution in [1.82, 2.24) is 4.98 Å². The van der Waals surface area contributed by atoms with E-state index in [4.69, 9.17) is 5.11 Å². The number of aromatic nitrogens is 1. The summed E-state index contributed by atoms with van der Waals surface area (Å²) in [6.07, 6.45) is 1.77. The van der Waals surface area contributed by atoms with Gasteiger partial charge in [-0.1, -0.05) is 30.3 Å². The SMILES string of the molecule is OCc1ccc(-c2ccccn2)cc1. The van der Waals surface area contributed by atoms with Gasteiger partial charge in [-0.15, -0.1) is 0 Å². The van der Waals surface area contributed by atoms with Crippen molar-refractivity contribution in [2.24, 2.45) is 0 Å². The van der Waals surface area contributed by atoms with Gasteiger partial charge in [0.2, 0.25) is 0 Å². The molecule has 2 heteroatoms. The van der Waals surface area contributed by atoms with Gasteiger partial charge in [0.1, 0.15) is 0 Å². The molecule has 0 unspecified atom stereocenters. The van der Waals surface area contributed by atoms with E-state index in [0.29, 0.717) is 0 Å². The van der Waals surface area contributed by atoms with Gasteiger partial charge in [0.25, 0.3) is 0 Å². The fraction of sp³-hybridized carbons (Fsp3) is 0.0833. The fourth-order valence-electron chi connectivity index (χ4n) is 1.31. The van der Waals surface area contributed by atoms with E-state index in [1.807, 2.05) is 42.5 Å². The van der Waals surface area contributed by atoms with Crippen molar-refractivity contribution < 1.29 is 5.11 Å². The van der Waals surface area contributed by atoms with Crippen LogP contribution >= 0.6 is 0 Å². The van der Waals surface area contributed by atoms with Gasteiger partial charge in [-0.05, 0) is 17.7 Å². The van der Waals surface area contributed by atoms with Crippen molar-refractivity contribution in [3.63, 3.8) is 0 Å². The first-order chi connectivity index (χ1) is 6.90. The average Bonchev–Trinajstić information content (AvgIpc) is 2.30. The lowest BCUT2D eigenvalue weighted by Crippen LogP contribution is -1.84. The van der Waals surface area contributed by atoms with Gasteiger partial charge in [0.05, 0.1) is 12.3 Å². The summed E-state index contributed by atoms with van der Waals surface area (Å²) in [6.45, 7) is 0.0858. The molecule has 2 aromatic rings. The topological polar surface area (TPSA) is 33.1 Å². The Morgan fingerprint density at radius 3 is 2.36 bits per heavy atom. The molecule has 0 aliphatic heterocycles. The number of nitrogens with zero attached hydrogens (tertiary/aromatic N) is 1. The van der Waals surface area contributed by atoms with Crippen molar-refractivity contribution in [2.45, 2.75) is 6.61 Å². The summed E-state index contributed by atoms with van der Waals surface area (Å²) in [6, 6.07) is 13.6. The number of aliphatic hydroxyl groups is 1. The number of pyridine rings is 1. The molecule has 0 atom stereocenters. The van der Waals surface area contributed by atoms with Crippen LogP contribution in [0.2, 0.25) is 0 Å². The Hall–Kier alpha value is -1.67. The van der Waals surface area contributed by atoms with E-state index in [1.165, 1.54) is 0 Å². The Labute approximate surface area is 82.9 Å². The first-order valence-corrected chi connectivity index (χ1v) is 4.51. The highest BCUT2D eigenvalue weighted by Crippen LogP contribution is 2.16. The normalized spacial score (nSPS) is 10.1. The zero-order valence-corrected chi connectivity index (χ0v) is 7.72. The Morgan fingerprint density at radius 2 is 1.79 bits per heavy atom. The molecule has 0 amide bonds. The lowest BCUT2D eigenvalue weighted by molar-refractivity contribution is 0.282. The van der Waals surface area contributed by atoms with E-state index in [9.17, 15) is 0 Å². The van der Waals surface area contributed by atoms with Crippen LogP contribution in [0.25, 0.3) is 11.3 Å². The highest BCUT2D eigenvalue weighted by atomic mass is 16.3. The smallest absolute Gasteiger partial charge is 0.0701 e. The molecule has 1 aromatic heterocycles. The van der Waals surface area contributed by atoms with Crippen molar-refractivity contribution in [2.75, 3.05) is 0 Å². The third kappa shape index (κ3) is 1.80. The summed E-state index contributed by atoms with van der Waals surface area (Å²) in [7, 11) is 0. The summed E-state index contributed by atoms with van der Waals surface area (Å²) in [4.78, 5) is 4.24. The van der Waals surface area contributed by atoms with Gasteiger partial charge in [0, 0.05) is 11.8 Å². The van der Waals surface area contributed by atoms with E-state index in [0.717, 1.165) is 16.8 Å². The minimum atomic E-state index is 0.0858. The van der Waals surface area contributed by atoms with E-state index in [2.05, 4.69) is 4.98 Å². The molecule has 0 radical (unpaired) electrons. The lowest BCUT2D eigenvalue weighted by Gasteiger charge is -2.00. The molecule has 14 heavy (non-hydrogen) atoms. The van der Waals surface area contributed by atoms with Crippen LogP contribution in [0, 0.1) is 0 Å². The predicted octanol–water partition coefficient (Wildman–Crippen LogP) is 2.24. The molecule has 0 saturated carbocycles. The van der Waals surface area contributed by atoms with E-state index in [-0.39, 0.29) is 6.61 Å². The number of rotatable bonds is 2. The van der Waals surface area contributed by atoms with Crippen LogP contribution in [0.3, 0.4) is 0 Å². The monoisotopic (exact) mass is 185 g/mol. The van der Waals surface area contributed by atoms with Crippen LogP contribution in [0.4, 0.5) is 0 Å². The molecule has 2 nitrogen and oxygen atoms in total. The standard InChI is InChI=1S/C12H11NO/c14-9-10-4-6-11(7-5-10)12-3-1-2-8-13-12/h1-8,14H,9H2. The second-order valence-electron chi connectivity index (χ2n) is 3.07. The summed E-state index contributed by atoms with van der Waals surface area (Å²) in [5, 5.41) is 8.88.